The number of esters is 1. The first-order valence-electron chi connectivity index (χ1n) is 4.09. The highest BCUT2D eigenvalue weighted by atomic mass is 16.5. The molecule has 13 heavy (non-hydrogen) atoms. The van der Waals surface area contributed by atoms with Gasteiger partial charge in [0.1, 0.15) is 6.73 Å². The van der Waals surface area contributed by atoms with E-state index in [1.807, 2.05) is 26.0 Å². The zero-order chi connectivity index (χ0) is 9.84. The Balaban J connectivity index is 2.95. The fraction of sp³-hybridized carbons (Fsp3) is 0.300. The van der Waals surface area contributed by atoms with Crippen LogP contribution < -0.4 is 5.73 Å². The third-order valence-electron chi connectivity index (χ3n) is 1.82. The van der Waals surface area contributed by atoms with Gasteiger partial charge < -0.3 is 4.74 Å². The quantitative estimate of drug-likeness (QED) is 0.551. The van der Waals surface area contributed by atoms with Crippen molar-refractivity contribution in [2.45, 2.75) is 13.8 Å². The number of hydrogen-bond acceptors (Lipinski definition) is 3. The molecule has 0 amide bonds. The number of aryl methyl sites for hydroxylation is 2. The summed E-state index contributed by atoms with van der Waals surface area (Å²) in [6.07, 6.45) is 0. The number of nitrogens with two attached hydrogens (primary N) is 1. The molecule has 0 aromatic heterocycles. The van der Waals surface area contributed by atoms with E-state index in [1.54, 1.807) is 6.07 Å². The Morgan fingerprint density at radius 1 is 1.46 bits per heavy atom. The van der Waals surface area contributed by atoms with Crippen molar-refractivity contribution in [3.05, 3.63) is 34.9 Å². The lowest BCUT2D eigenvalue weighted by molar-refractivity contribution is 0.0514. The summed E-state index contributed by atoms with van der Waals surface area (Å²) in [4.78, 5) is 11.3. The minimum Gasteiger partial charge on any atom is -0.446 e. The van der Waals surface area contributed by atoms with Crippen LogP contribution in [0.1, 0.15) is 21.5 Å². The molecule has 0 saturated carbocycles. The first-order valence-corrected chi connectivity index (χ1v) is 4.09. The van der Waals surface area contributed by atoms with E-state index in [4.69, 9.17) is 5.73 Å². The molecular weight excluding hydrogens is 166 g/mol. The molecule has 1 aromatic carbocycles. The average molecular weight is 179 g/mol. The Labute approximate surface area is 77.5 Å². The van der Waals surface area contributed by atoms with Crippen molar-refractivity contribution in [3.63, 3.8) is 0 Å². The number of benzene rings is 1. The molecule has 0 heterocycles. The van der Waals surface area contributed by atoms with Gasteiger partial charge in [0.2, 0.25) is 0 Å². The van der Waals surface area contributed by atoms with Gasteiger partial charge in [-0.05, 0) is 25.5 Å². The zero-order valence-corrected chi connectivity index (χ0v) is 7.83. The van der Waals surface area contributed by atoms with Gasteiger partial charge in [0.25, 0.3) is 0 Å². The van der Waals surface area contributed by atoms with Gasteiger partial charge in [-0.2, -0.15) is 0 Å². The summed E-state index contributed by atoms with van der Waals surface area (Å²) in [5.41, 5.74) is 7.73. The molecule has 0 unspecified atom stereocenters. The van der Waals surface area contributed by atoms with Crippen LogP contribution in [0.4, 0.5) is 0 Å². The summed E-state index contributed by atoms with van der Waals surface area (Å²) in [5, 5.41) is 0. The van der Waals surface area contributed by atoms with Gasteiger partial charge >= 0.3 is 5.97 Å². The number of carbonyl (C=O) groups is 1. The Morgan fingerprint density at radius 3 is 2.69 bits per heavy atom. The Kier molecular flexibility index (Phi) is 3.03. The summed E-state index contributed by atoms with van der Waals surface area (Å²) >= 11 is 0. The van der Waals surface area contributed by atoms with E-state index in [9.17, 15) is 4.79 Å². The Bertz CT molecular complexity index is 321. The highest BCUT2D eigenvalue weighted by Crippen LogP contribution is 2.11. The molecule has 3 nitrogen and oxygen atoms in total. The average Bonchev–Trinajstić information content (AvgIpc) is 2.04. The van der Waals surface area contributed by atoms with E-state index in [0.29, 0.717) is 5.56 Å². The first kappa shape index (κ1) is 9.74. The van der Waals surface area contributed by atoms with E-state index in [-0.39, 0.29) is 12.7 Å². The molecule has 2 N–H and O–H groups in total. The molecule has 0 aliphatic rings. The van der Waals surface area contributed by atoms with E-state index in [1.165, 1.54) is 0 Å². The molecule has 0 saturated heterocycles. The predicted molar refractivity (Wildman–Crippen MR) is 50.4 cm³/mol. The van der Waals surface area contributed by atoms with Crippen molar-refractivity contribution in [2.75, 3.05) is 6.73 Å². The van der Waals surface area contributed by atoms with Crippen molar-refractivity contribution in [2.24, 2.45) is 5.73 Å². The van der Waals surface area contributed by atoms with Gasteiger partial charge in [-0.15, -0.1) is 0 Å². The lowest BCUT2D eigenvalue weighted by Crippen LogP contribution is -2.13. The van der Waals surface area contributed by atoms with Crippen LogP contribution >= 0.6 is 0 Å². The fourth-order valence-corrected chi connectivity index (χ4v) is 1.20. The van der Waals surface area contributed by atoms with Gasteiger partial charge in [0, 0.05) is 0 Å². The van der Waals surface area contributed by atoms with Crippen molar-refractivity contribution in [1.29, 1.82) is 0 Å². The highest BCUT2D eigenvalue weighted by molar-refractivity contribution is 5.91. The maximum atomic E-state index is 11.3. The molecule has 1 rings (SSSR count). The molecule has 0 fully saturated rings. The van der Waals surface area contributed by atoms with E-state index in [2.05, 4.69) is 4.74 Å². The maximum Gasteiger partial charge on any atom is 0.339 e. The molecule has 0 spiro atoms. The number of rotatable bonds is 2. The second-order valence-electron chi connectivity index (χ2n) is 2.92. The normalized spacial score (nSPS) is 9.77. The topological polar surface area (TPSA) is 52.3 Å². The first-order chi connectivity index (χ1) is 6.15. The summed E-state index contributed by atoms with van der Waals surface area (Å²) in [6, 6.07) is 5.57. The predicted octanol–water partition coefficient (Wildman–Crippen LogP) is 1.38. The van der Waals surface area contributed by atoms with Gasteiger partial charge in [0.05, 0.1) is 5.56 Å². The smallest absolute Gasteiger partial charge is 0.339 e. The molecule has 0 radical (unpaired) electrons. The molecule has 0 bridgehead atoms. The Hall–Kier alpha value is -1.35. The Morgan fingerprint density at radius 2 is 2.15 bits per heavy atom. The maximum absolute atomic E-state index is 11.3. The fourth-order valence-electron chi connectivity index (χ4n) is 1.20. The van der Waals surface area contributed by atoms with Gasteiger partial charge in [-0.25, -0.2) is 4.79 Å². The second-order valence-corrected chi connectivity index (χ2v) is 2.92. The van der Waals surface area contributed by atoms with Gasteiger partial charge in [-0.1, -0.05) is 17.7 Å². The lowest BCUT2D eigenvalue weighted by atomic mass is 10.1. The standard InChI is InChI=1S/C10H13NO2/c1-7-3-4-9(8(2)5-7)10(12)13-6-11/h3-5H,6,11H2,1-2H3. The van der Waals surface area contributed by atoms with Crippen LogP contribution in [-0.4, -0.2) is 12.7 Å². The molecule has 1 aromatic rings. The molecular formula is C10H13NO2. The SMILES string of the molecule is Cc1ccc(C(=O)OCN)c(C)c1. The van der Waals surface area contributed by atoms with Crippen LogP contribution in [-0.2, 0) is 4.74 Å². The van der Waals surface area contributed by atoms with Crippen LogP contribution in [0.5, 0.6) is 0 Å². The van der Waals surface area contributed by atoms with E-state index < -0.39 is 0 Å². The van der Waals surface area contributed by atoms with Crippen LogP contribution in [0, 0.1) is 13.8 Å². The monoisotopic (exact) mass is 179 g/mol. The summed E-state index contributed by atoms with van der Waals surface area (Å²) in [7, 11) is 0. The highest BCUT2D eigenvalue weighted by Gasteiger charge is 2.08. The number of hydrogen-bond donors (Lipinski definition) is 1. The van der Waals surface area contributed by atoms with Crippen LogP contribution in [0.2, 0.25) is 0 Å². The third-order valence-corrected chi connectivity index (χ3v) is 1.82. The van der Waals surface area contributed by atoms with Crippen LogP contribution in [0.15, 0.2) is 18.2 Å². The molecule has 0 aliphatic carbocycles. The minimum absolute atomic E-state index is 0.0772. The summed E-state index contributed by atoms with van der Waals surface area (Å²) < 4.78 is 4.69. The molecule has 70 valence electrons. The zero-order valence-electron chi connectivity index (χ0n) is 7.83. The van der Waals surface area contributed by atoms with Crippen LogP contribution in [0.3, 0.4) is 0 Å². The molecule has 0 aliphatic heterocycles. The molecule has 0 atom stereocenters. The van der Waals surface area contributed by atoms with Crippen molar-refractivity contribution in [3.8, 4) is 0 Å². The third kappa shape index (κ3) is 2.29. The van der Waals surface area contributed by atoms with Gasteiger partial charge in [0.15, 0.2) is 0 Å². The van der Waals surface area contributed by atoms with E-state index >= 15 is 0 Å². The molecule has 3 heteroatoms. The van der Waals surface area contributed by atoms with Crippen LogP contribution in [0.25, 0.3) is 0 Å². The van der Waals surface area contributed by atoms with Crippen molar-refractivity contribution < 1.29 is 9.53 Å². The minimum atomic E-state index is -0.361. The lowest BCUT2D eigenvalue weighted by Gasteiger charge is -2.05. The largest absolute Gasteiger partial charge is 0.446 e. The van der Waals surface area contributed by atoms with Crippen molar-refractivity contribution >= 4 is 5.97 Å². The van der Waals surface area contributed by atoms with Crippen molar-refractivity contribution in [1.82, 2.24) is 0 Å². The summed E-state index contributed by atoms with van der Waals surface area (Å²) in [5.74, 6) is -0.361. The number of ether oxygens (including phenoxy) is 1. The van der Waals surface area contributed by atoms with E-state index in [0.717, 1.165) is 11.1 Å². The summed E-state index contributed by atoms with van der Waals surface area (Å²) in [6.45, 7) is 3.78. The second kappa shape index (κ2) is 4.05. The number of carbonyl (C=O) groups excluding carboxylic acids is 1. The van der Waals surface area contributed by atoms with Gasteiger partial charge in [-0.3, -0.25) is 5.73 Å².